The third-order valence-corrected chi connectivity index (χ3v) is 3.68. The van der Waals surface area contributed by atoms with Crippen molar-refractivity contribution >= 4 is 5.91 Å². The number of rotatable bonds is 5. The second-order valence-electron chi connectivity index (χ2n) is 5.65. The van der Waals surface area contributed by atoms with Gasteiger partial charge in [0.05, 0.1) is 12.8 Å². The summed E-state index contributed by atoms with van der Waals surface area (Å²) < 4.78 is 46.2. The number of ether oxygens (including phenoxy) is 2. The van der Waals surface area contributed by atoms with E-state index in [2.05, 4.69) is 9.72 Å². The number of carbonyl (C=O) groups excluding carboxylic acids is 1. The predicted octanol–water partition coefficient (Wildman–Crippen LogP) is 3.13. The van der Waals surface area contributed by atoms with E-state index in [1.807, 2.05) is 0 Å². The first-order valence-electron chi connectivity index (χ1n) is 7.58. The summed E-state index contributed by atoms with van der Waals surface area (Å²) in [5, 5.41) is 0. The first-order valence-corrected chi connectivity index (χ1v) is 7.58. The molecule has 1 aromatic heterocycles. The smallest absolute Gasteiger partial charge is 0.492 e. The molecule has 0 radical (unpaired) electrons. The molecule has 1 saturated heterocycles. The second kappa shape index (κ2) is 7.00. The van der Waals surface area contributed by atoms with Gasteiger partial charge in [-0.15, -0.1) is 13.2 Å². The molecule has 25 heavy (non-hydrogen) atoms. The fourth-order valence-electron chi connectivity index (χ4n) is 2.50. The SMILES string of the molecule is O=C(c1cccc(OC(F)(F)F)c1)N1CC(COc2cccnc2)C1. The summed E-state index contributed by atoms with van der Waals surface area (Å²) in [7, 11) is 0. The Balaban J connectivity index is 1.51. The number of hydrogen-bond donors (Lipinski definition) is 0. The van der Waals surface area contributed by atoms with Gasteiger partial charge in [-0.1, -0.05) is 6.07 Å². The number of likely N-dealkylation sites (tertiary alicyclic amines) is 1. The zero-order valence-corrected chi connectivity index (χ0v) is 13.1. The molecule has 3 rings (SSSR count). The van der Waals surface area contributed by atoms with Gasteiger partial charge in [0.2, 0.25) is 0 Å². The van der Waals surface area contributed by atoms with E-state index in [4.69, 9.17) is 4.74 Å². The van der Waals surface area contributed by atoms with Crippen LogP contribution in [0.3, 0.4) is 0 Å². The minimum Gasteiger partial charge on any atom is -0.492 e. The molecule has 8 heteroatoms. The van der Waals surface area contributed by atoms with Gasteiger partial charge in [0.25, 0.3) is 5.91 Å². The number of halogens is 3. The van der Waals surface area contributed by atoms with Crippen molar-refractivity contribution in [2.45, 2.75) is 6.36 Å². The van der Waals surface area contributed by atoms with Crippen molar-refractivity contribution in [2.24, 2.45) is 5.92 Å². The largest absolute Gasteiger partial charge is 0.573 e. The van der Waals surface area contributed by atoms with Crippen molar-refractivity contribution in [2.75, 3.05) is 19.7 Å². The van der Waals surface area contributed by atoms with E-state index >= 15 is 0 Å². The highest BCUT2D eigenvalue weighted by molar-refractivity contribution is 5.95. The van der Waals surface area contributed by atoms with Crippen molar-refractivity contribution in [3.63, 3.8) is 0 Å². The van der Waals surface area contributed by atoms with E-state index in [9.17, 15) is 18.0 Å². The topological polar surface area (TPSA) is 51.7 Å². The molecule has 0 spiro atoms. The maximum Gasteiger partial charge on any atom is 0.573 e. The van der Waals surface area contributed by atoms with Gasteiger partial charge >= 0.3 is 6.36 Å². The summed E-state index contributed by atoms with van der Waals surface area (Å²) >= 11 is 0. The number of nitrogens with zero attached hydrogens (tertiary/aromatic N) is 2. The molecule has 0 unspecified atom stereocenters. The molecule has 1 fully saturated rings. The molecule has 1 aliphatic rings. The quantitative estimate of drug-likeness (QED) is 0.830. The number of alkyl halides is 3. The summed E-state index contributed by atoms with van der Waals surface area (Å²) in [5.74, 6) is 0.101. The highest BCUT2D eigenvalue weighted by atomic mass is 19.4. The Bertz CT molecular complexity index is 731. The van der Waals surface area contributed by atoms with Crippen LogP contribution in [0.5, 0.6) is 11.5 Å². The fraction of sp³-hybridized carbons (Fsp3) is 0.294. The van der Waals surface area contributed by atoms with Crippen LogP contribution >= 0.6 is 0 Å². The lowest BCUT2D eigenvalue weighted by atomic mass is 10.00. The molecule has 1 aromatic carbocycles. The van der Waals surface area contributed by atoms with E-state index in [0.717, 1.165) is 12.1 Å². The molecule has 0 aliphatic carbocycles. The van der Waals surface area contributed by atoms with Crippen molar-refractivity contribution in [3.8, 4) is 11.5 Å². The van der Waals surface area contributed by atoms with Crippen LogP contribution in [-0.4, -0.2) is 41.8 Å². The van der Waals surface area contributed by atoms with Crippen molar-refractivity contribution in [1.29, 1.82) is 0 Å². The summed E-state index contributed by atoms with van der Waals surface area (Å²) in [6, 6.07) is 8.63. The van der Waals surface area contributed by atoms with Crippen LogP contribution < -0.4 is 9.47 Å². The average Bonchev–Trinajstić information content (AvgIpc) is 2.53. The standard InChI is InChI=1S/C17H15F3N2O3/c18-17(19,20)25-14-4-1-3-13(7-14)16(23)22-9-12(10-22)11-24-15-5-2-6-21-8-15/h1-8,12H,9-11H2. The molecule has 0 atom stereocenters. The molecule has 2 aromatic rings. The average molecular weight is 352 g/mol. The second-order valence-corrected chi connectivity index (χ2v) is 5.65. The van der Waals surface area contributed by atoms with Gasteiger partial charge < -0.3 is 14.4 Å². The van der Waals surface area contributed by atoms with Gasteiger partial charge in [0.15, 0.2) is 0 Å². The summed E-state index contributed by atoms with van der Waals surface area (Å²) in [6.45, 7) is 1.43. The summed E-state index contributed by atoms with van der Waals surface area (Å²) in [5.41, 5.74) is 0.161. The van der Waals surface area contributed by atoms with Gasteiger partial charge in [0, 0.05) is 30.8 Å². The fourth-order valence-corrected chi connectivity index (χ4v) is 2.50. The molecule has 0 N–H and O–H groups in total. The number of carbonyl (C=O) groups is 1. The van der Waals surface area contributed by atoms with Crippen molar-refractivity contribution in [3.05, 3.63) is 54.4 Å². The summed E-state index contributed by atoms with van der Waals surface area (Å²) in [6.07, 6.45) is -1.53. The van der Waals surface area contributed by atoms with Crippen molar-refractivity contribution < 1.29 is 27.4 Å². The number of aromatic nitrogens is 1. The minimum atomic E-state index is -4.78. The normalized spacial score (nSPS) is 14.8. The van der Waals surface area contributed by atoms with Crippen LogP contribution in [0, 0.1) is 5.92 Å². The van der Waals surface area contributed by atoms with E-state index in [-0.39, 0.29) is 17.4 Å². The van der Waals surface area contributed by atoms with Gasteiger partial charge in [-0.2, -0.15) is 0 Å². The molecule has 5 nitrogen and oxygen atoms in total. The third-order valence-electron chi connectivity index (χ3n) is 3.68. The Hall–Kier alpha value is -2.77. The maximum absolute atomic E-state index is 12.3. The molecule has 0 bridgehead atoms. The van der Waals surface area contributed by atoms with Crippen LogP contribution in [-0.2, 0) is 0 Å². The summed E-state index contributed by atoms with van der Waals surface area (Å²) in [4.78, 5) is 17.8. The zero-order chi connectivity index (χ0) is 17.9. The van der Waals surface area contributed by atoms with Crippen LogP contribution in [0.4, 0.5) is 13.2 Å². The minimum absolute atomic E-state index is 0.161. The predicted molar refractivity (Wildman–Crippen MR) is 82.3 cm³/mol. The van der Waals surface area contributed by atoms with Crippen LogP contribution in [0.15, 0.2) is 48.8 Å². The Kier molecular flexibility index (Phi) is 4.78. The first kappa shape index (κ1) is 17.1. The molecule has 1 amide bonds. The van der Waals surface area contributed by atoms with E-state index in [0.29, 0.717) is 25.4 Å². The molecule has 0 saturated carbocycles. The molecule has 1 aliphatic heterocycles. The number of pyridine rings is 1. The zero-order valence-electron chi connectivity index (χ0n) is 13.1. The number of hydrogen-bond acceptors (Lipinski definition) is 4. The number of benzene rings is 1. The highest BCUT2D eigenvalue weighted by Gasteiger charge is 2.33. The van der Waals surface area contributed by atoms with Crippen molar-refractivity contribution in [1.82, 2.24) is 9.88 Å². The van der Waals surface area contributed by atoms with Gasteiger partial charge in [-0.05, 0) is 30.3 Å². The molecule has 2 heterocycles. The Morgan fingerprint density at radius 2 is 1.96 bits per heavy atom. The number of amides is 1. The van der Waals surface area contributed by atoms with E-state index < -0.39 is 12.1 Å². The van der Waals surface area contributed by atoms with Crippen LogP contribution in [0.2, 0.25) is 0 Å². The monoisotopic (exact) mass is 352 g/mol. The van der Waals surface area contributed by atoms with Gasteiger partial charge in [-0.3, -0.25) is 9.78 Å². The Morgan fingerprint density at radius 3 is 2.64 bits per heavy atom. The Morgan fingerprint density at radius 1 is 1.20 bits per heavy atom. The molecular formula is C17H15F3N2O3. The third kappa shape index (κ3) is 4.62. The lowest BCUT2D eigenvalue weighted by Crippen LogP contribution is -2.52. The molecular weight excluding hydrogens is 337 g/mol. The lowest BCUT2D eigenvalue weighted by Gasteiger charge is -2.39. The maximum atomic E-state index is 12.3. The highest BCUT2D eigenvalue weighted by Crippen LogP contribution is 2.25. The van der Waals surface area contributed by atoms with Crippen LogP contribution in [0.1, 0.15) is 10.4 Å². The first-order chi connectivity index (χ1) is 11.9. The van der Waals surface area contributed by atoms with E-state index in [1.165, 1.54) is 12.1 Å². The Labute approximate surface area is 142 Å². The lowest BCUT2D eigenvalue weighted by molar-refractivity contribution is -0.274. The molecule has 132 valence electrons. The van der Waals surface area contributed by atoms with Gasteiger partial charge in [0.1, 0.15) is 11.5 Å². The van der Waals surface area contributed by atoms with E-state index in [1.54, 1.807) is 29.4 Å². The van der Waals surface area contributed by atoms with Crippen LogP contribution in [0.25, 0.3) is 0 Å². The van der Waals surface area contributed by atoms with Gasteiger partial charge in [-0.25, -0.2) is 0 Å².